The first kappa shape index (κ1) is 22.3. The smallest absolute Gasteiger partial charge is 0.224 e. The van der Waals surface area contributed by atoms with Gasteiger partial charge in [0.2, 0.25) is 11.8 Å². The van der Waals surface area contributed by atoms with Crippen molar-refractivity contribution in [2.75, 3.05) is 20.8 Å². The molecule has 0 heterocycles. The van der Waals surface area contributed by atoms with E-state index in [1.165, 1.54) is 0 Å². The van der Waals surface area contributed by atoms with Crippen molar-refractivity contribution in [3.8, 4) is 11.5 Å². The third-order valence-electron chi connectivity index (χ3n) is 4.55. The van der Waals surface area contributed by atoms with Gasteiger partial charge >= 0.3 is 0 Å². The third kappa shape index (κ3) is 7.86. The van der Waals surface area contributed by atoms with Crippen LogP contribution >= 0.6 is 0 Å². The minimum atomic E-state index is -0.104. The van der Waals surface area contributed by atoms with Crippen LogP contribution in [0.4, 0.5) is 0 Å². The van der Waals surface area contributed by atoms with E-state index in [0.29, 0.717) is 6.54 Å². The summed E-state index contributed by atoms with van der Waals surface area (Å²) < 4.78 is 10.4. The number of hydrogen-bond acceptors (Lipinski definition) is 4. The fourth-order valence-corrected chi connectivity index (χ4v) is 3.09. The van der Waals surface area contributed by atoms with Gasteiger partial charge in [0.1, 0.15) is 11.5 Å². The van der Waals surface area contributed by atoms with Crippen molar-refractivity contribution >= 4 is 11.8 Å². The van der Waals surface area contributed by atoms with Gasteiger partial charge < -0.3 is 20.1 Å². The summed E-state index contributed by atoms with van der Waals surface area (Å²) in [6.45, 7) is 2.46. The van der Waals surface area contributed by atoms with Crippen molar-refractivity contribution in [2.45, 2.75) is 38.6 Å². The number of methoxy groups -OCH3 is 2. The second kappa shape index (κ2) is 11.7. The zero-order valence-electron chi connectivity index (χ0n) is 17.4. The van der Waals surface area contributed by atoms with Gasteiger partial charge in [-0.3, -0.25) is 9.59 Å². The van der Waals surface area contributed by atoms with Gasteiger partial charge in [0.15, 0.2) is 0 Å². The molecule has 0 aliphatic heterocycles. The number of nitrogens with one attached hydrogen (secondary N) is 2. The van der Waals surface area contributed by atoms with E-state index in [0.717, 1.165) is 35.5 Å². The zero-order chi connectivity index (χ0) is 21.1. The van der Waals surface area contributed by atoms with E-state index < -0.39 is 0 Å². The fourth-order valence-electron chi connectivity index (χ4n) is 3.09. The summed E-state index contributed by atoms with van der Waals surface area (Å²) in [4.78, 5) is 24.7. The van der Waals surface area contributed by atoms with E-state index in [2.05, 4.69) is 17.6 Å². The van der Waals surface area contributed by atoms with Crippen molar-refractivity contribution < 1.29 is 19.1 Å². The monoisotopic (exact) mass is 398 g/mol. The van der Waals surface area contributed by atoms with Crippen molar-refractivity contribution in [1.82, 2.24) is 10.6 Å². The maximum atomic E-state index is 12.4. The number of hydrogen-bond donors (Lipinski definition) is 2. The van der Waals surface area contributed by atoms with Crippen molar-refractivity contribution in [3.63, 3.8) is 0 Å². The lowest BCUT2D eigenvalue weighted by atomic mass is 10.1. The second-order valence-corrected chi connectivity index (χ2v) is 6.91. The zero-order valence-corrected chi connectivity index (χ0v) is 17.4. The molecule has 2 aromatic rings. The van der Waals surface area contributed by atoms with Crippen LogP contribution in [0.15, 0.2) is 48.5 Å². The number of rotatable bonds is 11. The first-order valence-corrected chi connectivity index (χ1v) is 9.86. The van der Waals surface area contributed by atoms with Crippen molar-refractivity contribution in [1.29, 1.82) is 0 Å². The Kier molecular flexibility index (Phi) is 9.02. The van der Waals surface area contributed by atoms with Crippen LogP contribution in [0.1, 0.15) is 30.9 Å². The van der Waals surface area contributed by atoms with E-state index in [-0.39, 0.29) is 30.7 Å². The fraction of sp³-hybridized carbons (Fsp3) is 0.391. The summed E-state index contributed by atoms with van der Waals surface area (Å²) in [6.07, 6.45) is 2.25. The molecule has 2 amide bonds. The van der Waals surface area contributed by atoms with E-state index in [1.54, 1.807) is 14.2 Å². The quantitative estimate of drug-likeness (QED) is 0.610. The molecule has 6 nitrogen and oxygen atoms in total. The van der Waals surface area contributed by atoms with E-state index >= 15 is 0 Å². The highest BCUT2D eigenvalue weighted by atomic mass is 16.5. The molecule has 2 rings (SSSR count). The molecule has 0 aliphatic rings. The van der Waals surface area contributed by atoms with Gasteiger partial charge in [0.05, 0.1) is 27.1 Å². The Labute approximate surface area is 172 Å². The first-order chi connectivity index (χ1) is 14.0. The predicted octanol–water partition coefficient (Wildman–Crippen LogP) is 2.89. The average molecular weight is 399 g/mol. The molecule has 29 heavy (non-hydrogen) atoms. The Hall–Kier alpha value is -3.02. The highest BCUT2D eigenvalue weighted by Crippen LogP contribution is 2.14. The van der Waals surface area contributed by atoms with Crippen LogP contribution in [0.25, 0.3) is 0 Å². The molecule has 2 N–H and O–H groups in total. The summed E-state index contributed by atoms with van der Waals surface area (Å²) in [6, 6.07) is 14.8. The molecule has 0 saturated carbocycles. The molecule has 0 radical (unpaired) electrons. The van der Waals surface area contributed by atoms with E-state index in [4.69, 9.17) is 9.47 Å². The van der Waals surface area contributed by atoms with Gasteiger partial charge in [-0.15, -0.1) is 0 Å². The lowest BCUT2D eigenvalue weighted by molar-refractivity contribution is -0.123. The Bertz CT molecular complexity index is 807. The molecule has 0 fully saturated rings. The van der Waals surface area contributed by atoms with Crippen molar-refractivity contribution in [2.24, 2.45) is 0 Å². The summed E-state index contributed by atoms with van der Waals surface area (Å²) in [5, 5.41) is 5.95. The third-order valence-corrected chi connectivity index (χ3v) is 4.55. The van der Waals surface area contributed by atoms with Gasteiger partial charge in [-0.25, -0.2) is 0 Å². The molecule has 156 valence electrons. The van der Waals surface area contributed by atoms with E-state index in [9.17, 15) is 9.59 Å². The molecule has 0 aliphatic carbocycles. The van der Waals surface area contributed by atoms with Gasteiger partial charge in [0.25, 0.3) is 0 Å². The van der Waals surface area contributed by atoms with Crippen LogP contribution in [-0.2, 0) is 22.4 Å². The number of ether oxygens (including phenoxy) is 2. The molecule has 0 aromatic heterocycles. The predicted molar refractivity (Wildman–Crippen MR) is 113 cm³/mol. The Morgan fingerprint density at radius 2 is 1.45 bits per heavy atom. The van der Waals surface area contributed by atoms with Crippen LogP contribution < -0.4 is 20.1 Å². The van der Waals surface area contributed by atoms with E-state index in [1.807, 2.05) is 48.5 Å². The second-order valence-electron chi connectivity index (χ2n) is 6.91. The number of carbonyl (C=O) groups is 2. The van der Waals surface area contributed by atoms with Crippen LogP contribution in [0, 0.1) is 0 Å². The molecule has 0 spiro atoms. The topological polar surface area (TPSA) is 76.7 Å². The van der Waals surface area contributed by atoms with Crippen molar-refractivity contribution in [3.05, 3.63) is 59.7 Å². The Morgan fingerprint density at radius 3 is 1.97 bits per heavy atom. The molecule has 2 aromatic carbocycles. The Morgan fingerprint density at radius 1 is 0.897 bits per heavy atom. The van der Waals surface area contributed by atoms with Crippen LogP contribution in [0.3, 0.4) is 0 Å². The minimum Gasteiger partial charge on any atom is -0.497 e. The van der Waals surface area contributed by atoms with Crippen LogP contribution in [0.2, 0.25) is 0 Å². The van der Waals surface area contributed by atoms with Gasteiger partial charge in [-0.05, 0) is 41.8 Å². The summed E-state index contributed by atoms with van der Waals surface area (Å²) >= 11 is 0. The molecular weight excluding hydrogens is 368 g/mol. The summed E-state index contributed by atoms with van der Waals surface area (Å²) in [5.41, 5.74) is 1.77. The van der Waals surface area contributed by atoms with Crippen LogP contribution in [-0.4, -0.2) is 38.6 Å². The van der Waals surface area contributed by atoms with Crippen LogP contribution in [0.5, 0.6) is 11.5 Å². The van der Waals surface area contributed by atoms with Gasteiger partial charge in [0, 0.05) is 12.6 Å². The molecule has 1 unspecified atom stereocenters. The number of amides is 2. The molecule has 0 saturated heterocycles. The molecule has 1 atom stereocenters. The standard InChI is InChI=1S/C23H30N2O4/c1-4-7-19(25-23(27)15-18-9-6-11-21(13-18)29-3)16-24-22(26)14-17-8-5-10-20(12-17)28-2/h5-6,8-13,19H,4,7,14-16H2,1-3H3,(H,24,26)(H,25,27). The maximum Gasteiger partial charge on any atom is 0.224 e. The highest BCUT2D eigenvalue weighted by Gasteiger charge is 2.14. The number of carbonyl (C=O) groups excluding carboxylic acids is 2. The lowest BCUT2D eigenvalue weighted by Crippen LogP contribution is -2.44. The number of benzene rings is 2. The molecule has 6 heteroatoms. The maximum absolute atomic E-state index is 12.4. The molecule has 0 bridgehead atoms. The molecular formula is C23H30N2O4. The van der Waals surface area contributed by atoms with Gasteiger partial charge in [-0.1, -0.05) is 37.6 Å². The normalized spacial score (nSPS) is 11.4. The largest absolute Gasteiger partial charge is 0.497 e. The summed E-state index contributed by atoms with van der Waals surface area (Å²) in [5.74, 6) is 1.30. The minimum absolute atomic E-state index is 0.0706. The highest BCUT2D eigenvalue weighted by molar-refractivity contribution is 5.80. The Balaban J connectivity index is 1.84. The first-order valence-electron chi connectivity index (χ1n) is 9.86. The lowest BCUT2D eigenvalue weighted by Gasteiger charge is -2.19. The SMILES string of the molecule is CCCC(CNC(=O)Cc1cccc(OC)c1)NC(=O)Cc1cccc(OC)c1. The average Bonchev–Trinajstić information content (AvgIpc) is 2.72. The summed E-state index contributed by atoms with van der Waals surface area (Å²) in [7, 11) is 3.20. The van der Waals surface area contributed by atoms with Gasteiger partial charge in [-0.2, -0.15) is 0 Å².